The second kappa shape index (κ2) is 8.87. The van der Waals surface area contributed by atoms with Gasteiger partial charge < -0.3 is 9.80 Å². The van der Waals surface area contributed by atoms with E-state index in [1.165, 1.54) is 18.2 Å². The van der Waals surface area contributed by atoms with Crippen molar-refractivity contribution in [1.29, 1.82) is 0 Å². The van der Waals surface area contributed by atoms with Gasteiger partial charge in [0.15, 0.2) is 0 Å². The molecule has 1 fully saturated rings. The standard InChI is InChI=1S/C19H22Cl2N4O3S/c1-13(2)23-29(27,28)15-4-5-17(21)16(11-15)19(26)25-9-7-24(8-10-25)18-6-3-14(20)12-22-18/h3-6,11-13,23H,7-10H2,1-2H3. The molecule has 2 aromatic rings. The minimum absolute atomic E-state index is 0.0166. The van der Waals surface area contributed by atoms with Gasteiger partial charge in [0, 0.05) is 38.4 Å². The molecule has 1 aliphatic rings. The van der Waals surface area contributed by atoms with Crippen LogP contribution in [0.1, 0.15) is 24.2 Å². The fraction of sp³-hybridized carbons (Fsp3) is 0.368. The molecule has 1 aromatic heterocycles. The molecule has 0 saturated carbocycles. The molecule has 0 bridgehead atoms. The number of piperazine rings is 1. The van der Waals surface area contributed by atoms with Crippen LogP contribution in [-0.2, 0) is 10.0 Å². The third-order valence-electron chi connectivity index (χ3n) is 4.47. The number of nitrogens with zero attached hydrogens (tertiary/aromatic N) is 3. The lowest BCUT2D eigenvalue weighted by Gasteiger charge is -2.35. The van der Waals surface area contributed by atoms with Crippen molar-refractivity contribution in [3.05, 3.63) is 52.1 Å². The molecule has 1 saturated heterocycles. The number of benzene rings is 1. The predicted molar refractivity (Wildman–Crippen MR) is 114 cm³/mol. The molecule has 1 N–H and O–H groups in total. The number of hydrogen-bond donors (Lipinski definition) is 1. The van der Waals surface area contributed by atoms with E-state index in [9.17, 15) is 13.2 Å². The maximum absolute atomic E-state index is 13.0. The van der Waals surface area contributed by atoms with Crippen LogP contribution in [0.5, 0.6) is 0 Å². The van der Waals surface area contributed by atoms with Crippen molar-refractivity contribution in [2.45, 2.75) is 24.8 Å². The van der Waals surface area contributed by atoms with Gasteiger partial charge in [0.2, 0.25) is 10.0 Å². The maximum Gasteiger partial charge on any atom is 0.255 e. The summed E-state index contributed by atoms with van der Waals surface area (Å²) < 4.78 is 27.4. The average molecular weight is 457 g/mol. The van der Waals surface area contributed by atoms with Gasteiger partial charge in [0.05, 0.1) is 20.5 Å². The molecule has 1 aromatic carbocycles. The summed E-state index contributed by atoms with van der Waals surface area (Å²) in [6.07, 6.45) is 1.59. The summed E-state index contributed by atoms with van der Waals surface area (Å²) in [6, 6.07) is 7.53. The summed E-state index contributed by atoms with van der Waals surface area (Å²) in [6.45, 7) is 5.61. The zero-order valence-corrected chi connectivity index (χ0v) is 18.4. The Bertz CT molecular complexity index is 989. The van der Waals surface area contributed by atoms with Crippen LogP contribution >= 0.6 is 23.2 Å². The van der Waals surface area contributed by atoms with Crippen molar-refractivity contribution in [3.63, 3.8) is 0 Å². The summed E-state index contributed by atoms with van der Waals surface area (Å²) >= 11 is 12.1. The Kier molecular flexibility index (Phi) is 6.68. The van der Waals surface area contributed by atoms with Crippen LogP contribution in [0.3, 0.4) is 0 Å². The maximum atomic E-state index is 13.0. The fourth-order valence-electron chi connectivity index (χ4n) is 3.08. The number of hydrogen-bond acceptors (Lipinski definition) is 5. The second-order valence-corrected chi connectivity index (χ2v) is 9.59. The minimum Gasteiger partial charge on any atom is -0.353 e. The molecule has 0 atom stereocenters. The van der Waals surface area contributed by atoms with Gasteiger partial charge in [-0.15, -0.1) is 0 Å². The highest BCUT2D eigenvalue weighted by atomic mass is 35.5. The Hall–Kier alpha value is -1.87. The van der Waals surface area contributed by atoms with E-state index in [0.717, 1.165) is 5.82 Å². The van der Waals surface area contributed by atoms with Gasteiger partial charge in [-0.25, -0.2) is 18.1 Å². The first-order valence-corrected chi connectivity index (χ1v) is 11.4. The summed E-state index contributed by atoms with van der Waals surface area (Å²) in [5.41, 5.74) is 0.177. The van der Waals surface area contributed by atoms with Crippen LogP contribution in [0.15, 0.2) is 41.4 Å². The average Bonchev–Trinajstić information content (AvgIpc) is 2.67. The summed E-state index contributed by atoms with van der Waals surface area (Å²) in [7, 11) is -3.72. The molecule has 0 radical (unpaired) electrons. The van der Waals surface area contributed by atoms with Crippen LogP contribution in [0.25, 0.3) is 0 Å². The number of anilines is 1. The lowest BCUT2D eigenvalue weighted by atomic mass is 10.1. The number of carbonyl (C=O) groups is 1. The van der Waals surface area contributed by atoms with E-state index in [0.29, 0.717) is 31.2 Å². The molecule has 1 amide bonds. The fourth-order valence-corrected chi connectivity index (χ4v) is 4.66. The van der Waals surface area contributed by atoms with Crippen molar-refractivity contribution in [2.24, 2.45) is 0 Å². The van der Waals surface area contributed by atoms with Crippen LogP contribution in [0.2, 0.25) is 10.0 Å². The van der Waals surface area contributed by atoms with Gasteiger partial charge in [-0.1, -0.05) is 23.2 Å². The van der Waals surface area contributed by atoms with Crippen molar-refractivity contribution in [2.75, 3.05) is 31.1 Å². The van der Waals surface area contributed by atoms with Gasteiger partial charge in [-0.05, 0) is 44.2 Å². The Morgan fingerprint density at radius 1 is 1.10 bits per heavy atom. The molecule has 156 valence electrons. The monoisotopic (exact) mass is 456 g/mol. The topological polar surface area (TPSA) is 82.6 Å². The first-order chi connectivity index (χ1) is 13.7. The lowest BCUT2D eigenvalue weighted by Crippen LogP contribution is -2.49. The summed E-state index contributed by atoms with van der Waals surface area (Å²) in [5, 5.41) is 0.791. The Balaban J connectivity index is 1.74. The number of pyridine rings is 1. The zero-order valence-electron chi connectivity index (χ0n) is 16.1. The van der Waals surface area contributed by atoms with Gasteiger partial charge >= 0.3 is 0 Å². The number of nitrogens with one attached hydrogen (secondary N) is 1. The molecule has 3 rings (SSSR count). The summed E-state index contributed by atoms with van der Waals surface area (Å²) in [4.78, 5) is 21.0. The minimum atomic E-state index is -3.72. The lowest BCUT2D eigenvalue weighted by molar-refractivity contribution is 0.0746. The molecule has 0 aliphatic carbocycles. The Morgan fingerprint density at radius 2 is 1.79 bits per heavy atom. The first-order valence-electron chi connectivity index (χ1n) is 9.15. The van der Waals surface area contributed by atoms with E-state index < -0.39 is 10.0 Å². The van der Waals surface area contributed by atoms with Crippen molar-refractivity contribution < 1.29 is 13.2 Å². The van der Waals surface area contributed by atoms with Gasteiger partial charge in [-0.2, -0.15) is 0 Å². The van der Waals surface area contributed by atoms with Crippen LogP contribution < -0.4 is 9.62 Å². The van der Waals surface area contributed by atoms with Gasteiger partial charge in [0.1, 0.15) is 5.82 Å². The highest BCUT2D eigenvalue weighted by Crippen LogP contribution is 2.24. The number of rotatable bonds is 5. The molecule has 2 heterocycles. The third-order valence-corrected chi connectivity index (χ3v) is 6.68. The second-order valence-electron chi connectivity index (χ2n) is 7.03. The van der Waals surface area contributed by atoms with E-state index in [1.54, 1.807) is 31.0 Å². The van der Waals surface area contributed by atoms with Crippen LogP contribution in [0.4, 0.5) is 5.82 Å². The molecule has 29 heavy (non-hydrogen) atoms. The SMILES string of the molecule is CC(C)NS(=O)(=O)c1ccc(Cl)c(C(=O)N2CCN(c3ccc(Cl)cn3)CC2)c1. The van der Waals surface area contributed by atoms with Crippen molar-refractivity contribution in [3.8, 4) is 0 Å². The quantitative estimate of drug-likeness (QED) is 0.747. The number of amides is 1. The molecule has 0 unspecified atom stereocenters. The van der Waals surface area contributed by atoms with E-state index >= 15 is 0 Å². The molecule has 1 aliphatic heterocycles. The van der Waals surface area contributed by atoms with E-state index in [1.807, 2.05) is 6.07 Å². The van der Waals surface area contributed by atoms with Crippen molar-refractivity contribution >= 4 is 45.0 Å². The number of aromatic nitrogens is 1. The summed E-state index contributed by atoms with van der Waals surface area (Å²) in [5.74, 6) is 0.507. The van der Waals surface area contributed by atoms with Crippen LogP contribution in [0, 0.1) is 0 Å². The van der Waals surface area contributed by atoms with E-state index in [2.05, 4.69) is 14.6 Å². The normalized spacial score (nSPS) is 15.1. The van der Waals surface area contributed by atoms with Crippen molar-refractivity contribution in [1.82, 2.24) is 14.6 Å². The van der Waals surface area contributed by atoms with E-state index in [4.69, 9.17) is 23.2 Å². The highest BCUT2D eigenvalue weighted by Gasteiger charge is 2.26. The Morgan fingerprint density at radius 3 is 2.38 bits per heavy atom. The van der Waals surface area contributed by atoms with Gasteiger partial charge in [0.25, 0.3) is 5.91 Å². The Labute approximate surface area is 180 Å². The number of sulfonamides is 1. The molecule has 10 heteroatoms. The zero-order chi connectivity index (χ0) is 21.2. The smallest absolute Gasteiger partial charge is 0.255 e. The largest absolute Gasteiger partial charge is 0.353 e. The van der Waals surface area contributed by atoms with Gasteiger partial charge in [-0.3, -0.25) is 4.79 Å². The first kappa shape index (κ1) is 21.8. The molecular weight excluding hydrogens is 435 g/mol. The highest BCUT2D eigenvalue weighted by molar-refractivity contribution is 7.89. The molecule has 0 spiro atoms. The third kappa shape index (κ3) is 5.19. The molecular formula is C19H22Cl2N4O3S. The predicted octanol–water partition coefficient (Wildman–Crippen LogP) is 3.04. The molecule has 7 nitrogen and oxygen atoms in total. The number of halogens is 2. The van der Waals surface area contributed by atoms with Crippen LogP contribution in [-0.4, -0.2) is 56.4 Å². The number of carbonyl (C=O) groups excluding carboxylic acids is 1. The van der Waals surface area contributed by atoms with E-state index in [-0.39, 0.29) is 27.4 Å².